The zero-order valence-corrected chi connectivity index (χ0v) is 33.0. The number of fused-ring (bicyclic) bond motifs is 8. The van der Waals surface area contributed by atoms with Gasteiger partial charge in [0.2, 0.25) is 0 Å². The van der Waals surface area contributed by atoms with Crippen LogP contribution >= 0.6 is 23.9 Å². The molecule has 0 radical (unpaired) electrons. The molecule has 2 aliphatic rings. The summed E-state index contributed by atoms with van der Waals surface area (Å²) in [5, 5.41) is 34.4. The molecule has 8 N–H and O–H groups in total. The third-order valence-electron chi connectivity index (χ3n) is 8.58. The average molecular weight is 781 g/mol. The van der Waals surface area contributed by atoms with Crippen LogP contribution in [0.2, 0.25) is 0 Å². The lowest BCUT2D eigenvalue weighted by atomic mass is 10.1. The lowest BCUT2D eigenvalue weighted by molar-refractivity contribution is -0.138. The Morgan fingerprint density at radius 1 is 0.630 bits per heavy atom. The standard InChI is InChI=1S/C32H36N6O4S2.2C3H6O2/c1-6-20-13-29-18(4)25-8-7-23(35-25)16(2)27-11-12-28(37(27)43-14-21(33)31(39)40)17(3)24-9-10-26(36-24)19(5)30(20)38(29)44-15-22(34)32(41)42;2*1-2-3(4)5/h7-13,21-22H,6,14-15,33-34H2,1-5H3,(H,39,40)(H,41,42);2*2H2,1H3,(H,4,5). The fourth-order valence-corrected chi connectivity index (χ4v) is 7.53. The quantitative estimate of drug-likeness (QED) is 0.0879. The summed E-state index contributed by atoms with van der Waals surface area (Å²) >= 11 is 2.73. The first kappa shape index (κ1) is 43.5. The Balaban J connectivity index is 0.000000695. The Morgan fingerprint density at radius 3 is 1.33 bits per heavy atom. The molecule has 16 heteroatoms. The van der Waals surface area contributed by atoms with E-state index in [1.54, 1.807) is 13.8 Å². The third kappa shape index (κ3) is 10.4. The maximum absolute atomic E-state index is 11.6. The van der Waals surface area contributed by atoms with Gasteiger partial charge in [-0.1, -0.05) is 20.8 Å². The van der Waals surface area contributed by atoms with Gasteiger partial charge in [0.1, 0.15) is 12.1 Å². The van der Waals surface area contributed by atoms with Gasteiger partial charge in [-0.3, -0.25) is 27.1 Å². The number of carboxylic acids is 4. The van der Waals surface area contributed by atoms with Crippen LogP contribution < -0.4 is 11.5 Å². The van der Waals surface area contributed by atoms with Crippen molar-refractivity contribution in [1.29, 1.82) is 0 Å². The summed E-state index contributed by atoms with van der Waals surface area (Å²) in [6, 6.07) is 4.16. The summed E-state index contributed by atoms with van der Waals surface area (Å²) in [4.78, 5) is 51.9. The first-order valence-corrected chi connectivity index (χ1v) is 19.1. The van der Waals surface area contributed by atoms with Gasteiger partial charge < -0.3 is 31.9 Å². The minimum atomic E-state index is -1.05. The first-order valence-electron chi connectivity index (χ1n) is 17.2. The SMILES string of the molecule is CCC(=O)O.CCC(=O)O.CCc1cc2c(C)c3nc(c(C)c4ccc(c(C)c5nc(c(C)c1n2SCC(N)C(=O)O)C=C5)n4SCC(N)C(=O)O)C=C3. The number of hydrogen-bond donors (Lipinski definition) is 6. The van der Waals surface area contributed by atoms with Crippen LogP contribution in [0, 0.1) is 27.7 Å². The van der Waals surface area contributed by atoms with Crippen molar-refractivity contribution in [3.05, 3.63) is 68.8 Å². The molecule has 0 aromatic carbocycles. The summed E-state index contributed by atoms with van der Waals surface area (Å²) in [5.41, 5.74) is 23.6. The van der Waals surface area contributed by atoms with Crippen LogP contribution in [0.4, 0.5) is 0 Å². The number of nitrogens with zero attached hydrogens (tertiary/aromatic N) is 4. The summed E-state index contributed by atoms with van der Waals surface area (Å²) in [6.45, 7) is 13.4. The van der Waals surface area contributed by atoms with Gasteiger partial charge in [0, 0.05) is 24.3 Å². The van der Waals surface area contributed by atoms with Gasteiger partial charge >= 0.3 is 23.9 Å². The molecule has 0 saturated heterocycles. The third-order valence-corrected chi connectivity index (χ3v) is 10.9. The molecule has 3 aromatic rings. The van der Waals surface area contributed by atoms with Crippen molar-refractivity contribution in [2.75, 3.05) is 11.5 Å². The van der Waals surface area contributed by atoms with Crippen LogP contribution in [-0.4, -0.2) is 85.8 Å². The highest BCUT2D eigenvalue weighted by molar-refractivity contribution is 7.98. The number of aryl methyl sites for hydroxylation is 5. The van der Waals surface area contributed by atoms with E-state index in [4.69, 9.17) is 31.6 Å². The monoisotopic (exact) mass is 780 g/mol. The van der Waals surface area contributed by atoms with E-state index in [9.17, 15) is 29.4 Å². The molecule has 0 amide bonds. The molecule has 0 aliphatic carbocycles. The lowest BCUT2D eigenvalue weighted by Crippen LogP contribution is -2.32. The van der Waals surface area contributed by atoms with E-state index in [1.165, 1.54) is 23.9 Å². The van der Waals surface area contributed by atoms with Crippen molar-refractivity contribution >= 4 is 94.1 Å². The minimum Gasteiger partial charge on any atom is -0.481 e. The largest absolute Gasteiger partial charge is 0.481 e. The number of nitrogens with two attached hydrogens (primary N) is 2. The first-order chi connectivity index (χ1) is 25.5. The van der Waals surface area contributed by atoms with Crippen molar-refractivity contribution in [2.45, 2.75) is 79.8 Å². The van der Waals surface area contributed by atoms with Crippen molar-refractivity contribution in [3.63, 3.8) is 0 Å². The van der Waals surface area contributed by atoms with Crippen LogP contribution in [-0.2, 0) is 25.6 Å². The molecule has 5 rings (SSSR count). The van der Waals surface area contributed by atoms with Crippen LogP contribution in [0.1, 0.15) is 84.2 Å². The molecule has 290 valence electrons. The molecule has 0 fully saturated rings. The molecule has 3 aromatic heterocycles. The molecule has 5 heterocycles. The summed E-state index contributed by atoms with van der Waals surface area (Å²) in [6.07, 6.45) is 9.17. The molecule has 54 heavy (non-hydrogen) atoms. The number of rotatable bonds is 11. The molecule has 14 nitrogen and oxygen atoms in total. The van der Waals surface area contributed by atoms with Crippen molar-refractivity contribution < 1.29 is 39.6 Å². The van der Waals surface area contributed by atoms with Gasteiger partial charge in [-0.05, 0) is 128 Å². The van der Waals surface area contributed by atoms with Gasteiger partial charge in [-0.2, -0.15) is 0 Å². The van der Waals surface area contributed by atoms with Crippen LogP contribution in [0.15, 0.2) is 18.2 Å². The number of carbonyl (C=O) groups is 4. The number of carboxylic acid groups (broad SMARTS) is 4. The summed E-state index contributed by atoms with van der Waals surface area (Å²) in [7, 11) is 0. The molecule has 2 unspecified atom stereocenters. The molecule has 2 aliphatic heterocycles. The lowest BCUT2D eigenvalue weighted by Gasteiger charge is -2.12. The van der Waals surface area contributed by atoms with E-state index in [-0.39, 0.29) is 24.3 Å². The maximum Gasteiger partial charge on any atom is 0.321 e. The fraction of sp³-hybridized carbons (Fsp3) is 0.368. The van der Waals surface area contributed by atoms with Crippen LogP contribution in [0.3, 0.4) is 0 Å². The van der Waals surface area contributed by atoms with Gasteiger partial charge in [0.05, 0.1) is 44.8 Å². The van der Waals surface area contributed by atoms with E-state index >= 15 is 0 Å². The van der Waals surface area contributed by atoms with Crippen molar-refractivity contribution in [2.24, 2.45) is 11.5 Å². The second kappa shape index (κ2) is 19.4. The smallest absolute Gasteiger partial charge is 0.321 e. The van der Waals surface area contributed by atoms with Crippen LogP contribution in [0.25, 0.3) is 46.4 Å². The van der Waals surface area contributed by atoms with E-state index in [0.717, 1.165) is 79.1 Å². The van der Waals surface area contributed by atoms with E-state index in [2.05, 4.69) is 17.0 Å². The normalized spacial score (nSPS) is 12.6. The topological polar surface area (TPSA) is 237 Å². The Morgan fingerprint density at radius 2 is 0.981 bits per heavy atom. The molecular weight excluding hydrogens is 733 g/mol. The maximum atomic E-state index is 11.6. The van der Waals surface area contributed by atoms with Gasteiger partial charge in [0.15, 0.2) is 0 Å². The minimum absolute atomic E-state index is 0.185. The number of aromatic nitrogens is 4. The Bertz CT molecular complexity index is 2140. The van der Waals surface area contributed by atoms with E-state index in [0.29, 0.717) is 0 Å². The van der Waals surface area contributed by atoms with Crippen molar-refractivity contribution in [3.8, 4) is 0 Å². The Hall–Kier alpha value is -4.90. The summed E-state index contributed by atoms with van der Waals surface area (Å²) in [5.74, 6) is -3.21. The van der Waals surface area contributed by atoms with Crippen molar-refractivity contribution in [1.82, 2.24) is 17.9 Å². The zero-order chi connectivity index (χ0) is 40.4. The molecule has 2 atom stereocenters. The molecule has 8 bridgehead atoms. The number of hydrogen-bond acceptors (Lipinski definition) is 10. The fourth-order valence-electron chi connectivity index (χ4n) is 5.24. The highest BCUT2D eigenvalue weighted by Gasteiger charge is 2.20. The Kier molecular flexibility index (Phi) is 15.7. The number of aliphatic carboxylic acids is 4. The zero-order valence-electron chi connectivity index (χ0n) is 31.4. The predicted molar refractivity (Wildman–Crippen MR) is 217 cm³/mol. The second-order valence-corrected chi connectivity index (χ2v) is 14.3. The van der Waals surface area contributed by atoms with Gasteiger partial charge in [0.25, 0.3) is 0 Å². The van der Waals surface area contributed by atoms with Gasteiger partial charge in [-0.25, -0.2) is 9.97 Å². The predicted octanol–water partition coefficient (Wildman–Crippen LogP) is 6.18. The molecule has 0 spiro atoms. The van der Waals surface area contributed by atoms with Crippen LogP contribution in [0.5, 0.6) is 0 Å². The van der Waals surface area contributed by atoms with E-state index < -0.39 is 36.0 Å². The molecular formula is C38H48N6O8S2. The highest BCUT2D eigenvalue weighted by Crippen LogP contribution is 2.34. The highest BCUT2D eigenvalue weighted by atomic mass is 32.2. The second-order valence-electron chi connectivity index (χ2n) is 12.4. The molecule has 0 saturated carbocycles. The summed E-state index contributed by atoms with van der Waals surface area (Å²) < 4.78 is 4.12. The Labute approximate surface area is 322 Å². The average Bonchev–Trinajstić information content (AvgIpc) is 3.97. The van der Waals surface area contributed by atoms with Gasteiger partial charge in [-0.15, -0.1) is 0 Å². The van der Waals surface area contributed by atoms with E-state index in [1.807, 2.05) is 68.1 Å².